The van der Waals surface area contributed by atoms with E-state index in [1.165, 1.54) is 17.2 Å². The molecule has 0 atom stereocenters. The number of benzene rings is 2. The van der Waals surface area contributed by atoms with Gasteiger partial charge in [0.1, 0.15) is 18.2 Å². The molecule has 2 aromatic carbocycles. The van der Waals surface area contributed by atoms with Crippen molar-refractivity contribution in [2.24, 2.45) is 0 Å². The fraction of sp³-hybridized carbons (Fsp3) is 0.320. The molecule has 1 saturated heterocycles. The van der Waals surface area contributed by atoms with Crippen LogP contribution in [0.3, 0.4) is 0 Å². The average molecular weight is 433 g/mol. The molecule has 0 unspecified atom stereocenters. The minimum atomic E-state index is -0.0341. The third-order valence-electron chi connectivity index (χ3n) is 5.69. The lowest BCUT2D eigenvalue weighted by atomic mass is 10.1. The third kappa shape index (κ3) is 4.82. The number of carbonyl (C=O) groups is 1. The molecule has 1 aliphatic heterocycles. The van der Waals surface area contributed by atoms with Crippen LogP contribution in [-0.2, 0) is 11.3 Å². The zero-order valence-electron chi connectivity index (χ0n) is 18.5. The SMILES string of the molecule is C=CC(=O)N1CCC(Oc2cc3c(NCc4cccc(C)c4)ncnc3cc2OC)CC1. The molecule has 1 amide bonds. The van der Waals surface area contributed by atoms with Crippen molar-refractivity contribution in [2.75, 3.05) is 25.5 Å². The van der Waals surface area contributed by atoms with Crippen molar-refractivity contribution in [2.45, 2.75) is 32.4 Å². The number of methoxy groups -OCH3 is 1. The highest BCUT2D eigenvalue weighted by Gasteiger charge is 2.24. The van der Waals surface area contributed by atoms with E-state index in [1.54, 1.807) is 18.3 Å². The van der Waals surface area contributed by atoms with E-state index in [-0.39, 0.29) is 12.0 Å². The zero-order chi connectivity index (χ0) is 22.5. The second-order valence-electron chi connectivity index (χ2n) is 7.93. The average Bonchev–Trinajstić information content (AvgIpc) is 2.82. The Morgan fingerprint density at radius 3 is 2.75 bits per heavy atom. The first kappa shape index (κ1) is 21.6. The predicted molar refractivity (Wildman–Crippen MR) is 125 cm³/mol. The van der Waals surface area contributed by atoms with Gasteiger partial charge in [-0.2, -0.15) is 0 Å². The molecule has 7 nitrogen and oxygen atoms in total. The largest absolute Gasteiger partial charge is 0.493 e. The molecule has 4 rings (SSSR count). The summed E-state index contributed by atoms with van der Waals surface area (Å²) in [7, 11) is 1.62. The Morgan fingerprint density at radius 1 is 1.22 bits per heavy atom. The molecule has 0 saturated carbocycles. The molecule has 32 heavy (non-hydrogen) atoms. The van der Waals surface area contributed by atoms with E-state index < -0.39 is 0 Å². The molecular formula is C25H28N4O3. The summed E-state index contributed by atoms with van der Waals surface area (Å²) in [5.41, 5.74) is 3.18. The maximum absolute atomic E-state index is 11.8. The molecule has 3 aromatic rings. The van der Waals surface area contributed by atoms with Crippen LogP contribution in [0.25, 0.3) is 10.9 Å². The smallest absolute Gasteiger partial charge is 0.245 e. The van der Waals surface area contributed by atoms with Crippen molar-refractivity contribution in [1.29, 1.82) is 0 Å². The van der Waals surface area contributed by atoms with Crippen LogP contribution in [0.1, 0.15) is 24.0 Å². The lowest BCUT2D eigenvalue weighted by Crippen LogP contribution is -2.41. The summed E-state index contributed by atoms with van der Waals surface area (Å²) in [6.45, 7) is 7.60. The van der Waals surface area contributed by atoms with Crippen molar-refractivity contribution in [3.63, 3.8) is 0 Å². The van der Waals surface area contributed by atoms with Crippen LogP contribution in [0.5, 0.6) is 11.5 Å². The van der Waals surface area contributed by atoms with Gasteiger partial charge in [0.05, 0.1) is 12.6 Å². The predicted octanol–water partition coefficient (Wildman–Crippen LogP) is 4.11. The van der Waals surface area contributed by atoms with Gasteiger partial charge in [-0.15, -0.1) is 0 Å². The summed E-state index contributed by atoms with van der Waals surface area (Å²) < 4.78 is 11.9. The Kier molecular flexibility index (Phi) is 6.54. The summed E-state index contributed by atoms with van der Waals surface area (Å²) in [4.78, 5) is 22.5. The van der Waals surface area contributed by atoms with Crippen molar-refractivity contribution >= 4 is 22.6 Å². The van der Waals surface area contributed by atoms with Crippen LogP contribution < -0.4 is 14.8 Å². The molecule has 2 heterocycles. The number of nitrogens with one attached hydrogen (secondary N) is 1. The van der Waals surface area contributed by atoms with E-state index in [1.807, 2.05) is 12.1 Å². The van der Waals surface area contributed by atoms with Crippen LogP contribution >= 0.6 is 0 Å². The second-order valence-corrected chi connectivity index (χ2v) is 7.93. The lowest BCUT2D eigenvalue weighted by molar-refractivity contribution is -0.127. The summed E-state index contributed by atoms with van der Waals surface area (Å²) in [5.74, 6) is 2.00. The summed E-state index contributed by atoms with van der Waals surface area (Å²) in [5, 5.41) is 4.29. The highest BCUT2D eigenvalue weighted by molar-refractivity contribution is 5.91. The Morgan fingerprint density at radius 2 is 2.03 bits per heavy atom. The number of amides is 1. The number of anilines is 1. The van der Waals surface area contributed by atoms with Gasteiger partial charge in [-0.25, -0.2) is 9.97 Å². The van der Waals surface area contributed by atoms with E-state index in [0.29, 0.717) is 31.1 Å². The van der Waals surface area contributed by atoms with Gasteiger partial charge in [0.15, 0.2) is 11.5 Å². The molecule has 1 fully saturated rings. The Hall–Kier alpha value is -3.61. The third-order valence-corrected chi connectivity index (χ3v) is 5.69. The minimum absolute atomic E-state index is 0.00329. The van der Waals surface area contributed by atoms with Gasteiger partial charge < -0.3 is 19.7 Å². The Bertz CT molecular complexity index is 1120. The highest BCUT2D eigenvalue weighted by Crippen LogP contribution is 2.35. The Labute approximate surface area is 188 Å². The maximum atomic E-state index is 11.8. The van der Waals surface area contributed by atoms with Crippen molar-refractivity contribution < 1.29 is 14.3 Å². The summed E-state index contributed by atoms with van der Waals surface area (Å²) in [6.07, 6.45) is 4.42. The number of carbonyl (C=O) groups excluding carboxylic acids is 1. The van der Waals surface area contributed by atoms with Gasteiger partial charge in [0, 0.05) is 43.9 Å². The number of hydrogen-bond acceptors (Lipinski definition) is 6. The van der Waals surface area contributed by atoms with Gasteiger partial charge in [0.2, 0.25) is 5.91 Å². The van der Waals surface area contributed by atoms with Gasteiger partial charge in [-0.1, -0.05) is 36.4 Å². The number of aromatic nitrogens is 2. The van der Waals surface area contributed by atoms with E-state index in [0.717, 1.165) is 29.6 Å². The van der Waals surface area contributed by atoms with Crippen LogP contribution in [-0.4, -0.2) is 47.1 Å². The highest BCUT2D eigenvalue weighted by atomic mass is 16.5. The van der Waals surface area contributed by atoms with Gasteiger partial charge in [-0.05, 0) is 24.6 Å². The number of ether oxygens (including phenoxy) is 2. The van der Waals surface area contributed by atoms with Crippen molar-refractivity contribution in [3.05, 3.63) is 66.5 Å². The number of fused-ring (bicyclic) bond motifs is 1. The first-order valence-electron chi connectivity index (χ1n) is 10.8. The lowest BCUT2D eigenvalue weighted by Gasteiger charge is -2.31. The van der Waals surface area contributed by atoms with Gasteiger partial charge in [-0.3, -0.25) is 4.79 Å². The summed E-state index contributed by atoms with van der Waals surface area (Å²) in [6, 6.07) is 12.2. The molecule has 1 N–H and O–H groups in total. The van der Waals surface area contributed by atoms with E-state index in [2.05, 4.69) is 53.1 Å². The Balaban J connectivity index is 1.54. The molecule has 0 radical (unpaired) electrons. The van der Waals surface area contributed by atoms with Crippen LogP contribution in [0, 0.1) is 6.92 Å². The second kappa shape index (κ2) is 9.68. The number of likely N-dealkylation sites (tertiary alicyclic amines) is 1. The molecule has 0 bridgehead atoms. The molecule has 0 spiro atoms. The monoisotopic (exact) mass is 432 g/mol. The fourth-order valence-corrected chi connectivity index (χ4v) is 3.97. The quantitative estimate of drug-likeness (QED) is 0.566. The zero-order valence-corrected chi connectivity index (χ0v) is 18.5. The molecular weight excluding hydrogens is 404 g/mol. The number of rotatable bonds is 7. The summed E-state index contributed by atoms with van der Waals surface area (Å²) >= 11 is 0. The minimum Gasteiger partial charge on any atom is -0.493 e. The number of hydrogen-bond donors (Lipinski definition) is 1. The van der Waals surface area contributed by atoms with Crippen LogP contribution in [0.4, 0.5) is 5.82 Å². The maximum Gasteiger partial charge on any atom is 0.245 e. The van der Waals surface area contributed by atoms with E-state index in [9.17, 15) is 4.79 Å². The van der Waals surface area contributed by atoms with E-state index >= 15 is 0 Å². The number of piperidine rings is 1. The molecule has 0 aliphatic carbocycles. The van der Waals surface area contributed by atoms with Gasteiger partial charge in [0.25, 0.3) is 0 Å². The fourth-order valence-electron chi connectivity index (χ4n) is 3.97. The molecule has 166 valence electrons. The van der Waals surface area contributed by atoms with E-state index in [4.69, 9.17) is 9.47 Å². The first-order valence-corrected chi connectivity index (χ1v) is 10.8. The molecule has 1 aliphatic rings. The molecule has 1 aromatic heterocycles. The van der Waals surface area contributed by atoms with Gasteiger partial charge >= 0.3 is 0 Å². The van der Waals surface area contributed by atoms with Crippen LogP contribution in [0.15, 0.2) is 55.4 Å². The van der Waals surface area contributed by atoms with Crippen molar-refractivity contribution in [3.8, 4) is 11.5 Å². The standard InChI is InChI=1S/C25H28N4O3/c1-4-24(30)29-10-8-19(9-11-29)32-23-13-20-21(14-22(23)31-3)27-16-28-25(20)26-15-18-7-5-6-17(2)12-18/h4-7,12-14,16,19H,1,8-11,15H2,2-3H3,(H,26,27,28). The molecule has 7 heteroatoms. The topological polar surface area (TPSA) is 76.6 Å². The van der Waals surface area contributed by atoms with Crippen LogP contribution in [0.2, 0.25) is 0 Å². The van der Waals surface area contributed by atoms with Crippen molar-refractivity contribution in [1.82, 2.24) is 14.9 Å². The first-order chi connectivity index (χ1) is 15.6. The normalized spacial score (nSPS) is 14.2. The number of nitrogens with zero attached hydrogens (tertiary/aromatic N) is 3. The number of aryl methyl sites for hydroxylation is 1.